The maximum Gasteiger partial charge on any atom is 0.175 e. The number of Topliss-reactive ketones (excluding diaryl/α,β-unsaturated/α-hetero) is 2. The van der Waals surface area contributed by atoms with Crippen LogP contribution in [-0.2, 0) is 6.42 Å². The highest BCUT2D eigenvalue weighted by atomic mass is 16.2. The van der Waals surface area contributed by atoms with Crippen molar-refractivity contribution in [2.24, 2.45) is 5.92 Å². The molecule has 1 heterocycles. The third-order valence-electron chi connectivity index (χ3n) is 3.53. The van der Waals surface area contributed by atoms with Crippen LogP contribution in [0.2, 0.25) is 0 Å². The van der Waals surface area contributed by atoms with E-state index < -0.39 is 5.92 Å². The predicted molar refractivity (Wildman–Crippen MR) is 71.3 cm³/mol. The third kappa shape index (κ3) is 1.97. The average molecular weight is 251 g/mol. The van der Waals surface area contributed by atoms with E-state index in [1.54, 1.807) is 18.3 Å². The Morgan fingerprint density at radius 1 is 1.32 bits per heavy atom. The summed E-state index contributed by atoms with van der Waals surface area (Å²) in [7, 11) is 0. The Morgan fingerprint density at radius 3 is 2.89 bits per heavy atom. The number of hydrogen-bond acceptors (Lipinski definition) is 3. The summed E-state index contributed by atoms with van der Waals surface area (Å²) >= 11 is 0. The van der Waals surface area contributed by atoms with E-state index >= 15 is 0 Å². The SMILES string of the molecule is Cc1ccc2c(c1)C(=O)C(C(=O)c1cccnc1)C2. The van der Waals surface area contributed by atoms with Gasteiger partial charge in [-0.2, -0.15) is 0 Å². The first-order chi connectivity index (χ1) is 9.16. The topological polar surface area (TPSA) is 47.0 Å². The molecule has 1 aromatic carbocycles. The smallest absolute Gasteiger partial charge is 0.175 e. The monoisotopic (exact) mass is 251 g/mol. The molecule has 0 saturated heterocycles. The summed E-state index contributed by atoms with van der Waals surface area (Å²) < 4.78 is 0. The molecule has 2 aromatic rings. The molecule has 0 saturated carbocycles. The van der Waals surface area contributed by atoms with Crippen molar-refractivity contribution in [1.82, 2.24) is 4.98 Å². The fourth-order valence-corrected chi connectivity index (χ4v) is 2.52. The maximum atomic E-state index is 12.3. The number of carbonyl (C=O) groups is 2. The van der Waals surface area contributed by atoms with E-state index in [-0.39, 0.29) is 11.6 Å². The number of carbonyl (C=O) groups excluding carboxylic acids is 2. The third-order valence-corrected chi connectivity index (χ3v) is 3.53. The minimum absolute atomic E-state index is 0.0625. The molecule has 3 nitrogen and oxygen atoms in total. The molecule has 0 spiro atoms. The lowest BCUT2D eigenvalue weighted by Gasteiger charge is -2.06. The molecule has 1 unspecified atom stereocenters. The van der Waals surface area contributed by atoms with Crippen LogP contribution in [0.4, 0.5) is 0 Å². The van der Waals surface area contributed by atoms with Crippen molar-refractivity contribution in [3.05, 3.63) is 65.0 Å². The fraction of sp³-hybridized carbons (Fsp3) is 0.188. The number of aromatic nitrogens is 1. The highest BCUT2D eigenvalue weighted by Gasteiger charge is 2.36. The largest absolute Gasteiger partial charge is 0.293 e. The zero-order valence-electron chi connectivity index (χ0n) is 10.6. The van der Waals surface area contributed by atoms with E-state index in [4.69, 9.17) is 0 Å². The standard InChI is InChI=1S/C16H13NO2/c1-10-4-5-11-8-14(16(19)13(11)7-10)15(18)12-3-2-6-17-9-12/h2-7,9,14H,8H2,1H3. The molecule has 0 N–H and O–H groups in total. The van der Waals surface area contributed by atoms with E-state index in [1.807, 2.05) is 25.1 Å². The number of rotatable bonds is 2. The van der Waals surface area contributed by atoms with Crippen LogP contribution in [0.1, 0.15) is 31.8 Å². The van der Waals surface area contributed by atoms with Crippen LogP contribution in [0.15, 0.2) is 42.7 Å². The predicted octanol–water partition coefficient (Wildman–Crippen LogP) is 2.63. The van der Waals surface area contributed by atoms with Gasteiger partial charge in [0.15, 0.2) is 11.6 Å². The Bertz CT molecular complexity index is 662. The van der Waals surface area contributed by atoms with Gasteiger partial charge in [-0.3, -0.25) is 14.6 Å². The molecule has 0 amide bonds. The van der Waals surface area contributed by atoms with Gasteiger partial charge < -0.3 is 0 Å². The van der Waals surface area contributed by atoms with Crippen molar-refractivity contribution >= 4 is 11.6 Å². The number of nitrogens with zero attached hydrogens (tertiary/aromatic N) is 1. The molecule has 0 aliphatic heterocycles. The quantitative estimate of drug-likeness (QED) is 0.609. The number of pyridine rings is 1. The van der Waals surface area contributed by atoms with Gasteiger partial charge in [0.05, 0.1) is 5.92 Å². The molecule has 1 atom stereocenters. The first-order valence-electron chi connectivity index (χ1n) is 6.25. The Kier molecular flexibility index (Phi) is 2.75. The zero-order chi connectivity index (χ0) is 13.4. The molecule has 0 fully saturated rings. The molecule has 1 aliphatic rings. The Labute approximate surface area is 111 Å². The van der Waals surface area contributed by atoms with Gasteiger partial charge in [-0.25, -0.2) is 0 Å². The summed E-state index contributed by atoms with van der Waals surface area (Å²) in [6.45, 7) is 1.95. The summed E-state index contributed by atoms with van der Waals surface area (Å²) in [5.74, 6) is -0.777. The molecular formula is C16H13NO2. The second kappa shape index (κ2) is 4.43. The van der Waals surface area contributed by atoms with E-state index in [9.17, 15) is 9.59 Å². The molecule has 3 rings (SSSR count). The highest BCUT2D eigenvalue weighted by molar-refractivity contribution is 6.18. The first-order valence-corrected chi connectivity index (χ1v) is 6.25. The molecule has 0 bridgehead atoms. The number of ketones is 2. The molecule has 1 aromatic heterocycles. The molecule has 1 aliphatic carbocycles. The number of benzene rings is 1. The van der Waals surface area contributed by atoms with Crippen LogP contribution >= 0.6 is 0 Å². The number of hydrogen-bond donors (Lipinski definition) is 0. The molecule has 3 heteroatoms. The van der Waals surface area contributed by atoms with Crippen molar-refractivity contribution in [3.8, 4) is 0 Å². The van der Waals surface area contributed by atoms with Crippen LogP contribution in [0.25, 0.3) is 0 Å². The van der Waals surface area contributed by atoms with Gasteiger partial charge in [0.1, 0.15) is 0 Å². The van der Waals surface area contributed by atoms with Crippen molar-refractivity contribution in [2.75, 3.05) is 0 Å². The number of fused-ring (bicyclic) bond motifs is 1. The maximum absolute atomic E-state index is 12.3. The summed E-state index contributed by atoms with van der Waals surface area (Å²) in [6, 6.07) is 9.21. The normalized spacial score (nSPS) is 17.3. The Morgan fingerprint density at radius 2 is 2.16 bits per heavy atom. The summed E-state index contributed by atoms with van der Waals surface area (Å²) in [5, 5.41) is 0. The van der Waals surface area contributed by atoms with Crippen LogP contribution in [0.5, 0.6) is 0 Å². The van der Waals surface area contributed by atoms with Gasteiger partial charge in [0.2, 0.25) is 0 Å². The number of aryl methyl sites for hydroxylation is 1. The fourth-order valence-electron chi connectivity index (χ4n) is 2.52. The van der Waals surface area contributed by atoms with Crippen LogP contribution in [0, 0.1) is 12.8 Å². The van der Waals surface area contributed by atoms with Crippen molar-refractivity contribution < 1.29 is 9.59 Å². The van der Waals surface area contributed by atoms with Crippen molar-refractivity contribution in [1.29, 1.82) is 0 Å². The minimum atomic E-state index is -0.582. The highest BCUT2D eigenvalue weighted by Crippen LogP contribution is 2.29. The molecule has 0 radical (unpaired) electrons. The minimum Gasteiger partial charge on any atom is -0.293 e. The van der Waals surface area contributed by atoms with Gasteiger partial charge in [0.25, 0.3) is 0 Å². The van der Waals surface area contributed by atoms with Crippen LogP contribution < -0.4 is 0 Å². The van der Waals surface area contributed by atoms with Crippen molar-refractivity contribution in [2.45, 2.75) is 13.3 Å². The Balaban J connectivity index is 1.94. The van der Waals surface area contributed by atoms with Gasteiger partial charge in [-0.15, -0.1) is 0 Å². The molecule has 94 valence electrons. The lowest BCUT2D eigenvalue weighted by molar-refractivity contribution is 0.0822. The van der Waals surface area contributed by atoms with Gasteiger partial charge in [0, 0.05) is 23.5 Å². The van der Waals surface area contributed by atoms with E-state index in [0.29, 0.717) is 17.5 Å². The van der Waals surface area contributed by atoms with Gasteiger partial charge >= 0.3 is 0 Å². The van der Waals surface area contributed by atoms with Crippen molar-refractivity contribution in [3.63, 3.8) is 0 Å². The first kappa shape index (κ1) is 11.8. The molecular weight excluding hydrogens is 238 g/mol. The second-order valence-corrected chi connectivity index (χ2v) is 4.89. The summed E-state index contributed by atoms with van der Waals surface area (Å²) in [6.07, 6.45) is 3.64. The lowest BCUT2D eigenvalue weighted by Crippen LogP contribution is -2.20. The van der Waals surface area contributed by atoms with Gasteiger partial charge in [-0.1, -0.05) is 17.7 Å². The van der Waals surface area contributed by atoms with E-state index in [2.05, 4.69) is 4.98 Å². The Hall–Kier alpha value is -2.29. The lowest BCUT2D eigenvalue weighted by atomic mass is 9.95. The van der Waals surface area contributed by atoms with Crippen LogP contribution in [0.3, 0.4) is 0 Å². The molecule has 19 heavy (non-hydrogen) atoms. The summed E-state index contributed by atoms with van der Waals surface area (Å²) in [4.78, 5) is 28.6. The van der Waals surface area contributed by atoms with E-state index in [1.165, 1.54) is 6.20 Å². The zero-order valence-corrected chi connectivity index (χ0v) is 10.6. The van der Waals surface area contributed by atoms with Crippen LogP contribution in [-0.4, -0.2) is 16.6 Å². The van der Waals surface area contributed by atoms with E-state index in [0.717, 1.165) is 11.1 Å². The summed E-state index contributed by atoms with van der Waals surface area (Å²) in [5.41, 5.74) is 3.21. The second-order valence-electron chi connectivity index (χ2n) is 4.89. The van der Waals surface area contributed by atoms with Gasteiger partial charge in [-0.05, 0) is 37.1 Å². The average Bonchev–Trinajstić information content (AvgIpc) is 2.76.